The van der Waals surface area contributed by atoms with E-state index >= 15 is 0 Å². The first-order valence-corrected chi connectivity index (χ1v) is 11.0. The Morgan fingerprint density at radius 2 is 2.19 bits per heavy atom. The fourth-order valence-corrected chi connectivity index (χ4v) is 4.78. The number of amides is 1. The molecule has 2 aliphatic heterocycles. The number of anilines is 3. The van der Waals surface area contributed by atoms with Gasteiger partial charge in [-0.3, -0.25) is 9.89 Å². The van der Waals surface area contributed by atoms with E-state index in [0.29, 0.717) is 30.8 Å². The molecule has 5 heterocycles. The Hall–Kier alpha value is -3.14. The molecule has 0 aromatic carbocycles. The standard InChI is InChI=1S/C21H27N9O/c1-21(19(31)28-11-14(22)12-28)7-3-8-29(21)20-24-18(16-4-2-9-30(16)27-20)23-17-10-15(25-26-17)13-5-6-13/h2,4,9-10,13-14H,3,5-8,11-12,22H2,1H3,(H2,23,24,25,26,27)/t21-/m0/s1. The molecule has 31 heavy (non-hydrogen) atoms. The smallest absolute Gasteiger partial charge is 0.248 e. The molecule has 10 nitrogen and oxygen atoms in total. The SMILES string of the molecule is C[C@@]1(C(=O)N2CC(N)C2)CCCN1c1nc(Nc2cc(C3CC3)[nH]n2)c2cccn2n1. The van der Waals surface area contributed by atoms with Crippen LogP contribution in [0.15, 0.2) is 24.4 Å². The fourth-order valence-electron chi connectivity index (χ4n) is 4.78. The predicted molar refractivity (Wildman–Crippen MR) is 116 cm³/mol. The number of hydrogen-bond donors (Lipinski definition) is 3. The molecule has 4 N–H and O–H groups in total. The topological polar surface area (TPSA) is 120 Å². The third-order valence-electron chi connectivity index (χ3n) is 6.78. The van der Waals surface area contributed by atoms with Crippen molar-refractivity contribution >= 4 is 29.0 Å². The Kier molecular flexibility index (Phi) is 4.01. The van der Waals surface area contributed by atoms with Gasteiger partial charge in [-0.2, -0.15) is 10.1 Å². The first kappa shape index (κ1) is 18.6. The van der Waals surface area contributed by atoms with Gasteiger partial charge in [0.2, 0.25) is 11.9 Å². The zero-order valence-electron chi connectivity index (χ0n) is 17.6. The highest BCUT2D eigenvalue weighted by Gasteiger charge is 2.48. The number of nitrogens with zero attached hydrogens (tertiary/aromatic N) is 6. The van der Waals surface area contributed by atoms with Crippen molar-refractivity contribution < 1.29 is 4.79 Å². The number of hydrogen-bond acceptors (Lipinski definition) is 7. The molecule has 2 saturated heterocycles. The second-order valence-electron chi connectivity index (χ2n) is 9.21. The van der Waals surface area contributed by atoms with Crippen LogP contribution in [0, 0.1) is 0 Å². The molecule has 0 unspecified atom stereocenters. The van der Waals surface area contributed by atoms with Crippen molar-refractivity contribution in [3.8, 4) is 0 Å². The third kappa shape index (κ3) is 3.04. The summed E-state index contributed by atoms with van der Waals surface area (Å²) < 4.78 is 1.81. The van der Waals surface area contributed by atoms with Crippen LogP contribution in [-0.4, -0.2) is 66.8 Å². The highest BCUT2D eigenvalue weighted by molar-refractivity contribution is 5.90. The Morgan fingerprint density at radius 1 is 1.35 bits per heavy atom. The molecule has 6 rings (SSSR count). The molecule has 0 bridgehead atoms. The predicted octanol–water partition coefficient (Wildman–Crippen LogP) is 1.60. The van der Waals surface area contributed by atoms with Crippen LogP contribution in [0.5, 0.6) is 0 Å². The summed E-state index contributed by atoms with van der Waals surface area (Å²) in [6.07, 6.45) is 6.02. The fraction of sp³-hybridized carbons (Fsp3) is 0.524. The molecule has 1 amide bonds. The van der Waals surface area contributed by atoms with Crippen LogP contribution in [0.1, 0.15) is 44.2 Å². The van der Waals surface area contributed by atoms with Crippen LogP contribution < -0.4 is 16.0 Å². The van der Waals surface area contributed by atoms with Crippen LogP contribution in [0.3, 0.4) is 0 Å². The van der Waals surface area contributed by atoms with E-state index in [0.717, 1.165) is 36.4 Å². The van der Waals surface area contributed by atoms with Gasteiger partial charge in [-0.15, -0.1) is 5.10 Å². The first-order valence-electron chi connectivity index (χ1n) is 11.0. The summed E-state index contributed by atoms with van der Waals surface area (Å²) in [4.78, 5) is 22.0. The maximum absolute atomic E-state index is 13.3. The highest BCUT2D eigenvalue weighted by Crippen LogP contribution is 2.40. The summed E-state index contributed by atoms with van der Waals surface area (Å²) in [6.45, 7) is 3.98. The average Bonchev–Trinajstić information content (AvgIpc) is 3.12. The van der Waals surface area contributed by atoms with E-state index < -0.39 is 5.54 Å². The molecular formula is C21H27N9O. The van der Waals surface area contributed by atoms with E-state index in [1.54, 1.807) is 0 Å². The maximum Gasteiger partial charge on any atom is 0.248 e. The van der Waals surface area contributed by atoms with Crippen molar-refractivity contribution in [3.05, 3.63) is 30.1 Å². The number of H-pyrrole nitrogens is 1. The van der Waals surface area contributed by atoms with E-state index in [2.05, 4.69) is 21.6 Å². The minimum Gasteiger partial charge on any atom is -0.337 e. The number of rotatable bonds is 5. The minimum absolute atomic E-state index is 0.0834. The molecule has 3 aromatic heterocycles. The molecule has 1 aliphatic carbocycles. The maximum atomic E-state index is 13.3. The number of nitrogens with one attached hydrogen (secondary N) is 2. The molecule has 3 aromatic rings. The number of aromatic amines is 1. The van der Waals surface area contributed by atoms with Gasteiger partial charge in [-0.05, 0) is 44.7 Å². The summed E-state index contributed by atoms with van der Waals surface area (Å²) in [5, 5.41) is 15.6. The van der Waals surface area contributed by atoms with Gasteiger partial charge in [0, 0.05) is 49.6 Å². The molecule has 3 aliphatic rings. The van der Waals surface area contributed by atoms with E-state index in [1.807, 2.05) is 39.6 Å². The van der Waals surface area contributed by atoms with E-state index in [4.69, 9.17) is 15.8 Å². The van der Waals surface area contributed by atoms with Gasteiger partial charge in [0.15, 0.2) is 11.6 Å². The zero-order chi connectivity index (χ0) is 21.2. The molecule has 3 fully saturated rings. The highest BCUT2D eigenvalue weighted by atomic mass is 16.2. The van der Waals surface area contributed by atoms with Crippen molar-refractivity contribution in [2.45, 2.75) is 50.1 Å². The Labute approximate surface area is 179 Å². The van der Waals surface area contributed by atoms with Crippen molar-refractivity contribution in [2.75, 3.05) is 29.9 Å². The molecule has 1 atom stereocenters. The van der Waals surface area contributed by atoms with Gasteiger partial charge < -0.3 is 20.9 Å². The summed E-state index contributed by atoms with van der Waals surface area (Å²) in [6, 6.07) is 6.04. The number of carbonyl (C=O) groups is 1. The lowest BCUT2D eigenvalue weighted by atomic mass is 9.94. The molecule has 1 saturated carbocycles. The van der Waals surface area contributed by atoms with Gasteiger partial charge in [0.25, 0.3) is 0 Å². The Bertz CT molecular complexity index is 1140. The van der Waals surface area contributed by atoms with Crippen LogP contribution in [0.4, 0.5) is 17.6 Å². The first-order chi connectivity index (χ1) is 15.0. The monoisotopic (exact) mass is 421 g/mol. The quantitative estimate of drug-likeness (QED) is 0.572. The second kappa shape index (κ2) is 6.68. The number of nitrogens with two attached hydrogens (primary N) is 1. The molecule has 162 valence electrons. The lowest BCUT2D eigenvalue weighted by molar-refractivity contribution is -0.140. The van der Waals surface area contributed by atoms with E-state index in [9.17, 15) is 4.79 Å². The summed E-state index contributed by atoms with van der Waals surface area (Å²) in [5.74, 6) is 2.67. The normalized spacial score (nSPS) is 24.1. The van der Waals surface area contributed by atoms with Crippen molar-refractivity contribution in [1.82, 2.24) is 29.7 Å². The molecule has 0 spiro atoms. The third-order valence-corrected chi connectivity index (χ3v) is 6.78. The Morgan fingerprint density at radius 3 is 2.97 bits per heavy atom. The number of fused-ring (bicyclic) bond motifs is 1. The van der Waals surface area contributed by atoms with Crippen molar-refractivity contribution in [1.29, 1.82) is 0 Å². The number of aromatic nitrogens is 5. The summed E-state index contributed by atoms with van der Waals surface area (Å²) in [7, 11) is 0. The van der Waals surface area contributed by atoms with Gasteiger partial charge >= 0.3 is 0 Å². The van der Waals surface area contributed by atoms with Gasteiger partial charge in [-0.25, -0.2) is 4.52 Å². The van der Waals surface area contributed by atoms with Gasteiger partial charge in [0.05, 0.1) is 0 Å². The van der Waals surface area contributed by atoms with Gasteiger partial charge in [-0.1, -0.05) is 0 Å². The summed E-state index contributed by atoms with van der Waals surface area (Å²) >= 11 is 0. The van der Waals surface area contributed by atoms with Crippen LogP contribution in [-0.2, 0) is 4.79 Å². The molecule has 10 heteroatoms. The number of carbonyl (C=O) groups excluding carboxylic acids is 1. The van der Waals surface area contributed by atoms with Crippen LogP contribution in [0.25, 0.3) is 5.52 Å². The minimum atomic E-state index is -0.663. The van der Waals surface area contributed by atoms with Crippen molar-refractivity contribution in [3.63, 3.8) is 0 Å². The van der Waals surface area contributed by atoms with Crippen LogP contribution in [0.2, 0.25) is 0 Å². The number of likely N-dealkylation sites (tertiary alicyclic amines) is 1. The van der Waals surface area contributed by atoms with E-state index in [-0.39, 0.29) is 11.9 Å². The lowest BCUT2D eigenvalue weighted by Crippen LogP contribution is -2.65. The average molecular weight is 422 g/mol. The summed E-state index contributed by atoms with van der Waals surface area (Å²) in [5.41, 5.74) is 7.27. The second-order valence-corrected chi connectivity index (χ2v) is 9.21. The van der Waals surface area contributed by atoms with Crippen molar-refractivity contribution in [2.24, 2.45) is 5.73 Å². The molecular weight excluding hydrogens is 394 g/mol. The lowest BCUT2D eigenvalue weighted by Gasteiger charge is -2.44. The van der Waals surface area contributed by atoms with E-state index in [1.165, 1.54) is 12.8 Å². The molecule has 0 radical (unpaired) electrons. The van der Waals surface area contributed by atoms with Gasteiger partial charge in [0.1, 0.15) is 11.1 Å². The Balaban J connectivity index is 1.33. The van der Waals surface area contributed by atoms with Crippen LogP contribution >= 0.6 is 0 Å². The largest absolute Gasteiger partial charge is 0.337 e. The zero-order valence-corrected chi connectivity index (χ0v) is 17.6.